The van der Waals surface area contributed by atoms with E-state index < -0.39 is 0 Å². The van der Waals surface area contributed by atoms with Gasteiger partial charge in [-0.1, -0.05) is 0 Å². The maximum atomic E-state index is 5.36. The van der Waals surface area contributed by atoms with Gasteiger partial charge < -0.3 is 14.9 Å². The molecule has 0 atom stereocenters. The van der Waals surface area contributed by atoms with Crippen molar-refractivity contribution in [3.8, 4) is 17.2 Å². The largest absolute Gasteiger partial charge is 0.481 e. The van der Waals surface area contributed by atoms with E-state index in [0.717, 1.165) is 5.56 Å². The maximum absolute atomic E-state index is 5.36. The van der Waals surface area contributed by atoms with Gasteiger partial charge in [-0.15, -0.1) is 0 Å². The number of nitrogens with zero attached hydrogens (tertiary/aromatic N) is 2. The van der Waals surface area contributed by atoms with Crippen molar-refractivity contribution in [3.63, 3.8) is 0 Å². The molecule has 0 amide bonds. The SMILES string of the molecule is COc1cc(-c2cnc(N)o2)ccn1. The van der Waals surface area contributed by atoms with Crippen molar-refractivity contribution < 1.29 is 9.15 Å². The van der Waals surface area contributed by atoms with E-state index in [1.54, 1.807) is 31.6 Å². The van der Waals surface area contributed by atoms with Crippen LogP contribution in [0.25, 0.3) is 11.3 Å². The minimum Gasteiger partial charge on any atom is -0.481 e. The summed E-state index contributed by atoms with van der Waals surface area (Å²) in [6.07, 6.45) is 3.19. The van der Waals surface area contributed by atoms with Gasteiger partial charge in [0.25, 0.3) is 6.01 Å². The first-order valence-corrected chi connectivity index (χ1v) is 4.01. The zero-order valence-corrected chi connectivity index (χ0v) is 7.60. The lowest BCUT2D eigenvalue weighted by atomic mass is 10.2. The van der Waals surface area contributed by atoms with Crippen LogP contribution in [0.2, 0.25) is 0 Å². The van der Waals surface area contributed by atoms with Gasteiger partial charge in [-0.25, -0.2) is 9.97 Å². The highest BCUT2D eigenvalue weighted by Gasteiger charge is 2.05. The zero-order valence-electron chi connectivity index (χ0n) is 7.60. The molecule has 0 bridgehead atoms. The summed E-state index contributed by atoms with van der Waals surface area (Å²) in [5, 5.41) is 0. The molecule has 0 spiro atoms. The number of anilines is 1. The van der Waals surface area contributed by atoms with Crippen molar-refractivity contribution in [3.05, 3.63) is 24.5 Å². The van der Waals surface area contributed by atoms with Crippen molar-refractivity contribution in [1.82, 2.24) is 9.97 Å². The number of hydrogen-bond donors (Lipinski definition) is 1. The molecule has 72 valence electrons. The number of nitrogens with two attached hydrogens (primary N) is 1. The second-order valence-corrected chi connectivity index (χ2v) is 2.65. The molecule has 14 heavy (non-hydrogen) atoms. The molecular weight excluding hydrogens is 182 g/mol. The van der Waals surface area contributed by atoms with Crippen LogP contribution < -0.4 is 10.5 Å². The molecule has 2 rings (SSSR count). The number of aromatic nitrogens is 2. The molecule has 5 heteroatoms. The van der Waals surface area contributed by atoms with Crippen molar-refractivity contribution >= 4 is 6.01 Å². The van der Waals surface area contributed by atoms with Gasteiger partial charge in [0.15, 0.2) is 5.76 Å². The van der Waals surface area contributed by atoms with Crippen LogP contribution in [-0.4, -0.2) is 17.1 Å². The van der Waals surface area contributed by atoms with E-state index in [-0.39, 0.29) is 6.01 Å². The predicted molar refractivity (Wildman–Crippen MR) is 50.7 cm³/mol. The molecule has 0 unspecified atom stereocenters. The summed E-state index contributed by atoms with van der Waals surface area (Å²) in [4.78, 5) is 7.77. The Balaban J connectivity index is 2.41. The highest BCUT2D eigenvalue weighted by molar-refractivity contribution is 5.57. The Morgan fingerprint density at radius 1 is 1.43 bits per heavy atom. The van der Waals surface area contributed by atoms with Crippen LogP contribution in [-0.2, 0) is 0 Å². The third-order valence-electron chi connectivity index (χ3n) is 1.75. The number of nitrogen functional groups attached to an aromatic ring is 1. The summed E-state index contributed by atoms with van der Waals surface area (Å²) >= 11 is 0. The number of pyridine rings is 1. The summed E-state index contributed by atoms with van der Waals surface area (Å²) < 4.78 is 10.1. The van der Waals surface area contributed by atoms with Crippen LogP contribution in [0.4, 0.5) is 6.01 Å². The molecule has 2 N–H and O–H groups in total. The number of ether oxygens (including phenoxy) is 1. The van der Waals surface area contributed by atoms with E-state index in [4.69, 9.17) is 14.9 Å². The summed E-state index contributed by atoms with van der Waals surface area (Å²) in [6, 6.07) is 3.69. The highest BCUT2D eigenvalue weighted by atomic mass is 16.5. The first-order chi connectivity index (χ1) is 6.79. The Morgan fingerprint density at radius 3 is 2.93 bits per heavy atom. The molecule has 0 saturated carbocycles. The number of rotatable bonds is 2. The summed E-state index contributed by atoms with van der Waals surface area (Å²) in [6.45, 7) is 0. The average molecular weight is 191 g/mol. The van der Waals surface area contributed by atoms with E-state index in [1.807, 2.05) is 0 Å². The zero-order chi connectivity index (χ0) is 9.97. The standard InChI is InChI=1S/C9H9N3O2/c1-13-8-4-6(2-3-11-8)7-5-12-9(10)14-7/h2-5H,1H3,(H2,10,12). The van der Waals surface area contributed by atoms with Gasteiger partial charge in [0.1, 0.15) is 0 Å². The average Bonchev–Trinajstić information content (AvgIpc) is 2.65. The molecule has 5 nitrogen and oxygen atoms in total. The summed E-state index contributed by atoms with van der Waals surface area (Å²) in [5.41, 5.74) is 6.20. The fourth-order valence-corrected chi connectivity index (χ4v) is 1.10. The van der Waals surface area contributed by atoms with Crippen LogP contribution in [0.5, 0.6) is 5.88 Å². The van der Waals surface area contributed by atoms with Crippen LogP contribution in [0.3, 0.4) is 0 Å². The quantitative estimate of drug-likeness (QED) is 0.775. The van der Waals surface area contributed by atoms with Crippen LogP contribution in [0, 0.1) is 0 Å². The fourth-order valence-electron chi connectivity index (χ4n) is 1.10. The lowest BCUT2D eigenvalue weighted by molar-refractivity contribution is 0.398. The van der Waals surface area contributed by atoms with Crippen LogP contribution >= 0.6 is 0 Å². The minimum absolute atomic E-state index is 0.149. The van der Waals surface area contributed by atoms with Gasteiger partial charge in [0, 0.05) is 17.8 Å². The maximum Gasteiger partial charge on any atom is 0.292 e. The molecule has 0 aromatic carbocycles. The Bertz CT molecular complexity index is 439. The third kappa shape index (κ3) is 1.52. The molecule has 0 saturated heterocycles. The molecule has 2 aromatic rings. The molecule has 0 aliphatic carbocycles. The lowest BCUT2D eigenvalue weighted by Crippen LogP contribution is -1.86. The monoisotopic (exact) mass is 191 g/mol. The van der Waals surface area contributed by atoms with E-state index in [9.17, 15) is 0 Å². The van der Waals surface area contributed by atoms with Gasteiger partial charge in [0.05, 0.1) is 13.3 Å². The molecule has 2 aromatic heterocycles. The van der Waals surface area contributed by atoms with E-state index in [2.05, 4.69) is 9.97 Å². The Labute approximate surface area is 80.5 Å². The Kier molecular flexibility index (Phi) is 2.06. The Hall–Kier alpha value is -2.04. The van der Waals surface area contributed by atoms with Crippen molar-refractivity contribution in [2.75, 3.05) is 12.8 Å². The van der Waals surface area contributed by atoms with Crippen LogP contribution in [0.1, 0.15) is 0 Å². The van der Waals surface area contributed by atoms with Gasteiger partial charge in [-0.2, -0.15) is 0 Å². The van der Waals surface area contributed by atoms with Crippen LogP contribution in [0.15, 0.2) is 28.9 Å². The smallest absolute Gasteiger partial charge is 0.292 e. The predicted octanol–water partition coefficient (Wildman–Crippen LogP) is 1.33. The fraction of sp³-hybridized carbons (Fsp3) is 0.111. The van der Waals surface area contributed by atoms with E-state index in [0.29, 0.717) is 11.6 Å². The van der Waals surface area contributed by atoms with Gasteiger partial charge >= 0.3 is 0 Å². The molecule has 0 aliphatic heterocycles. The topological polar surface area (TPSA) is 74.2 Å². The molecule has 0 radical (unpaired) electrons. The normalized spacial score (nSPS) is 10.1. The van der Waals surface area contributed by atoms with Gasteiger partial charge in [-0.3, -0.25) is 0 Å². The molecular formula is C9H9N3O2. The van der Waals surface area contributed by atoms with E-state index in [1.165, 1.54) is 0 Å². The van der Waals surface area contributed by atoms with E-state index >= 15 is 0 Å². The molecule has 0 fully saturated rings. The molecule has 2 heterocycles. The van der Waals surface area contributed by atoms with Gasteiger partial charge in [0.2, 0.25) is 5.88 Å². The number of hydrogen-bond acceptors (Lipinski definition) is 5. The first kappa shape index (κ1) is 8.55. The Morgan fingerprint density at radius 2 is 2.29 bits per heavy atom. The summed E-state index contributed by atoms with van der Waals surface area (Å²) in [5.74, 6) is 1.13. The van der Waals surface area contributed by atoms with Crippen molar-refractivity contribution in [2.45, 2.75) is 0 Å². The first-order valence-electron chi connectivity index (χ1n) is 4.01. The van der Waals surface area contributed by atoms with Gasteiger partial charge in [-0.05, 0) is 6.07 Å². The lowest BCUT2D eigenvalue weighted by Gasteiger charge is -1.99. The highest BCUT2D eigenvalue weighted by Crippen LogP contribution is 2.23. The second kappa shape index (κ2) is 3.37. The number of oxazole rings is 1. The minimum atomic E-state index is 0.149. The summed E-state index contributed by atoms with van der Waals surface area (Å²) in [7, 11) is 1.56. The van der Waals surface area contributed by atoms with Crippen molar-refractivity contribution in [2.24, 2.45) is 0 Å². The van der Waals surface area contributed by atoms with Crippen molar-refractivity contribution in [1.29, 1.82) is 0 Å². The second-order valence-electron chi connectivity index (χ2n) is 2.65. The molecule has 0 aliphatic rings. The number of methoxy groups -OCH3 is 1. The third-order valence-corrected chi connectivity index (χ3v) is 1.75.